The summed E-state index contributed by atoms with van der Waals surface area (Å²) >= 11 is 10.6. The predicted octanol–water partition coefficient (Wildman–Crippen LogP) is 4.95. The van der Waals surface area contributed by atoms with Gasteiger partial charge in [-0.2, -0.15) is 0 Å². The molecule has 1 saturated heterocycles. The van der Waals surface area contributed by atoms with Crippen LogP contribution in [0.25, 0.3) is 0 Å². The molecule has 0 aromatic heterocycles. The predicted molar refractivity (Wildman–Crippen MR) is 81.6 cm³/mol. The highest BCUT2D eigenvalue weighted by Crippen LogP contribution is 2.34. The number of rotatable bonds is 3. The molecule has 0 bridgehead atoms. The molecule has 17 heavy (non-hydrogen) atoms. The largest absolute Gasteiger partial charge is 0.381 e. The van der Waals surface area contributed by atoms with E-state index in [0.717, 1.165) is 38.5 Å². The monoisotopic (exact) mass is 425 g/mol. The van der Waals surface area contributed by atoms with E-state index >= 15 is 0 Å². The number of nitrogens with one attached hydrogen (secondary N) is 1. The Labute approximate surface area is 127 Å². The van der Waals surface area contributed by atoms with Crippen molar-refractivity contribution in [3.8, 4) is 0 Å². The van der Waals surface area contributed by atoms with Crippen LogP contribution in [-0.2, 0) is 4.74 Å². The van der Waals surface area contributed by atoms with Crippen LogP contribution in [0.2, 0.25) is 0 Å². The number of hydrogen-bond donors (Lipinski definition) is 1. The lowest BCUT2D eigenvalue weighted by molar-refractivity contribution is 0.0637. The van der Waals surface area contributed by atoms with Gasteiger partial charge < -0.3 is 10.1 Å². The Morgan fingerprint density at radius 3 is 2.41 bits per heavy atom. The van der Waals surface area contributed by atoms with Crippen molar-refractivity contribution < 1.29 is 4.74 Å². The molecule has 2 unspecified atom stereocenters. The zero-order valence-electron chi connectivity index (χ0n) is 9.47. The van der Waals surface area contributed by atoms with Crippen molar-refractivity contribution >= 4 is 53.5 Å². The van der Waals surface area contributed by atoms with Crippen LogP contribution in [0.1, 0.15) is 19.8 Å². The highest BCUT2D eigenvalue weighted by molar-refractivity contribution is 9.11. The van der Waals surface area contributed by atoms with Crippen molar-refractivity contribution in [1.82, 2.24) is 0 Å². The van der Waals surface area contributed by atoms with Gasteiger partial charge in [-0.25, -0.2) is 0 Å². The lowest BCUT2D eigenvalue weighted by atomic mass is 10.2. The summed E-state index contributed by atoms with van der Waals surface area (Å²) in [4.78, 5) is 0. The van der Waals surface area contributed by atoms with Crippen molar-refractivity contribution in [2.75, 3.05) is 11.9 Å². The number of hydrogen-bond acceptors (Lipinski definition) is 2. The van der Waals surface area contributed by atoms with Gasteiger partial charge in [0, 0.05) is 20.0 Å². The van der Waals surface area contributed by atoms with Gasteiger partial charge in [0.1, 0.15) is 0 Å². The van der Waals surface area contributed by atoms with Gasteiger partial charge in [-0.05, 0) is 63.8 Å². The van der Waals surface area contributed by atoms with Crippen LogP contribution in [0.4, 0.5) is 5.69 Å². The SMILES string of the molecule is CC1CCC(CNc2c(Br)cc(Br)cc2Br)O1. The normalized spacial score (nSPS) is 24.0. The van der Waals surface area contributed by atoms with Crippen LogP contribution in [0.3, 0.4) is 0 Å². The second kappa shape index (κ2) is 6.04. The molecule has 1 heterocycles. The topological polar surface area (TPSA) is 21.3 Å². The van der Waals surface area contributed by atoms with E-state index in [2.05, 4.69) is 60.0 Å². The van der Waals surface area contributed by atoms with Crippen molar-refractivity contribution in [2.24, 2.45) is 0 Å². The Morgan fingerprint density at radius 1 is 1.24 bits per heavy atom. The van der Waals surface area contributed by atoms with E-state index in [-0.39, 0.29) is 0 Å². The minimum absolute atomic E-state index is 0.326. The van der Waals surface area contributed by atoms with E-state index in [0.29, 0.717) is 12.2 Å². The molecule has 2 atom stereocenters. The zero-order chi connectivity index (χ0) is 12.4. The molecule has 2 rings (SSSR count). The van der Waals surface area contributed by atoms with Gasteiger partial charge >= 0.3 is 0 Å². The molecule has 0 amide bonds. The maximum absolute atomic E-state index is 5.78. The Kier molecular flexibility index (Phi) is 4.92. The summed E-state index contributed by atoms with van der Waals surface area (Å²) in [7, 11) is 0. The average Bonchev–Trinajstić information content (AvgIpc) is 2.62. The second-order valence-corrected chi connectivity index (χ2v) is 6.90. The van der Waals surface area contributed by atoms with Crippen LogP contribution in [-0.4, -0.2) is 18.8 Å². The molecule has 0 radical (unpaired) electrons. The van der Waals surface area contributed by atoms with Gasteiger partial charge in [0.2, 0.25) is 0 Å². The summed E-state index contributed by atoms with van der Waals surface area (Å²) in [6, 6.07) is 4.07. The van der Waals surface area contributed by atoms with Crippen LogP contribution < -0.4 is 5.32 Å². The summed E-state index contributed by atoms with van der Waals surface area (Å²) in [5.41, 5.74) is 1.08. The third-order valence-corrected chi connectivity index (χ3v) is 4.54. The molecule has 0 spiro atoms. The Bertz CT molecular complexity index is 388. The van der Waals surface area contributed by atoms with Crippen LogP contribution in [0, 0.1) is 0 Å². The standard InChI is InChI=1S/C12H14Br3NO/c1-7-2-3-9(17-7)6-16-12-10(14)4-8(13)5-11(12)15/h4-5,7,9,16H,2-3,6H2,1H3. The minimum atomic E-state index is 0.326. The van der Waals surface area contributed by atoms with Crippen LogP contribution in [0.15, 0.2) is 25.6 Å². The summed E-state index contributed by atoms with van der Waals surface area (Å²) < 4.78 is 8.92. The molecule has 5 heteroatoms. The summed E-state index contributed by atoms with van der Waals surface area (Å²) in [6.07, 6.45) is 3.03. The lowest BCUT2D eigenvalue weighted by Gasteiger charge is -2.15. The molecular weight excluding hydrogens is 414 g/mol. The number of ether oxygens (including phenoxy) is 1. The summed E-state index contributed by atoms with van der Waals surface area (Å²) in [6.45, 7) is 2.98. The van der Waals surface area contributed by atoms with E-state index in [1.54, 1.807) is 0 Å². The molecule has 1 aromatic rings. The number of halogens is 3. The van der Waals surface area contributed by atoms with E-state index in [1.807, 2.05) is 12.1 Å². The smallest absolute Gasteiger partial charge is 0.0751 e. The third kappa shape index (κ3) is 3.69. The van der Waals surface area contributed by atoms with Crippen molar-refractivity contribution in [3.63, 3.8) is 0 Å². The maximum atomic E-state index is 5.78. The summed E-state index contributed by atoms with van der Waals surface area (Å²) in [5, 5.41) is 3.43. The zero-order valence-corrected chi connectivity index (χ0v) is 14.2. The van der Waals surface area contributed by atoms with Gasteiger partial charge in [-0.15, -0.1) is 0 Å². The molecule has 1 N–H and O–H groups in total. The number of benzene rings is 1. The fourth-order valence-electron chi connectivity index (χ4n) is 1.96. The molecule has 1 aromatic carbocycles. The highest BCUT2D eigenvalue weighted by Gasteiger charge is 2.21. The second-order valence-electron chi connectivity index (χ2n) is 4.27. The molecular formula is C12H14Br3NO. The van der Waals surface area contributed by atoms with Gasteiger partial charge in [-0.1, -0.05) is 15.9 Å². The van der Waals surface area contributed by atoms with Gasteiger partial charge in [0.05, 0.1) is 17.9 Å². The van der Waals surface area contributed by atoms with E-state index in [1.165, 1.54) is 0 Å². The first-order valence-electron chi connectivity index (χ1n) is 5.60. The van der Waals surface area contributed by atoms with Crippen molar-refractivity contribution in [2.45, 2.75) is 32.0 Å². The average molecular weight is 428 g/mol. The Balaban J connectivity index is 1.99. The molecule has 94 valence electrons. The molecule has 1 fully saturated rings. The van der Waals surface area contributed by atoms with Crippen LogP contribution >= 0.6 is 47.8 Å². The quantitative estimate of drug-likeness (QED) is 0.736. The van der Waals surface area contributed by atoms with Crippen LogP contribution in [0.5, 0.6) is 0 Å². The Hall–Kier alpha value is 0.420. The van der Waals surface area contributed by atoms with Gasteiger partial charge in [0.25, 0.3) is 0 Å². The molecule has 2 nitrogen and oxygen atoms in total. The molecule has 1 aliphatic heterocycles. The minimum Gasteiger partial charge on any atom is -0.381 e. The molecule has 1 aliphatic rings. The van der Waals surface area contributed by atoms with Crippen molar-refractivity contribution in [1.29, 1.82) is 0 Å². The maximum Gasteiger partial charge on any atom is 0.0751 e. The third-order valence-electron chi connectivity index (χ3n) is 2.83. The first-order chi connectivity index (χ1) is 8.06. The highest BCUT2D eigenvalue weighted by atomic mass is 79.9. The first-order valence-corrected chi connectivity index (χ1v) is 7.98. The van der Waals surface area contributed by atoms with Gasteiger partial charge in [0.15, 0.2) is 0 Å². The lowest BCUT2D eigenvalue weighted by Crippen LogP contribution is -2.20. The van der Waals surface area contributed by atoms with E-state index in [9.17, 15) is 0 Å². The van der Waals surface area contributed by atoms with E-state index in [4.69, 9.17) is 4.74 Å². The Morgan fingerprint density at radius 2 is 1.88 bits per heavy atom. The number of anilines is 1. The molecule has 0 saturated carbocycles. The molecule has 0 aliphatic carbocycles. The van der Waals surface area contributed by atoms with Gasteiger partial charge in [-0.3, -0.25) is 0 Å². The van der Waals surface area contributed by atoms with Crippen molar-refractivity contribution in [3.05, 3.63) is 25.6 Å². The van der Waals surface area contributed by atoms with E-state index < -0.39 is 0 Å². The summed E-state index contributed by atoms with van der Waals surface area (Å²) in [5.74, 6) is 0. The first kappa shape index (κ1) is 13.8. The fourth-order valence-corrected chi connectivity index (χ4v) is 4.50. The fraction of sp³-hybridized carbons (Fsp3) is 0.500.